The minimum Gasteiger partial charge on any atom is -0.472 e. The van der Waals surface area contributed by atoms with Gasteiger partial charge >= 0.3 is 11.1 Å². The summed E-state index contributed by atoms with van der Waals surface area (Å²) < 4.78 is 12.5. The molecule has 1 spiro atoms. The Morgan fingerprint density at radius 2 is 2.27 bits per heavy atom. The molecule has 8 nitrogen and oxygen atoms in total. The van der Waals surface area contributed by atoms with Crippen molar-refractivity contribution < 1.29 is 9.15 Å². The molecule has 4 heterocycles. The zero-order chi connectivity index (χ0) is 15.2. The number of furan rings is 1. The van der Waals surface area contributed by atoms with E-state index in [4.69, 9.17) is 9.15 Å². The van der Waals surface area contributed by atoms with Crippen molar-refractivity contribution in [2.24, 2.45) is 0 Å². The number of aromatic nitrogens is 3. The Labute approximate surface area is 125 Å². The molecule has 0 radical (unpaired) electrons. The molecule has 4 rings (SSSR count). The van der Waals surface area contributed by atoms with Gasteiger partial charge in [0.15, 0.2) is 5.82 Å². The zero-order valence-electron chi connectivity index (χ0n) is 11.9. The lowest BCUT2D eigenvalue weighted by Crippen LogP contribution is -2.51. The lowest BCUT2D eigenvalue weighted by atomic mass is 10.0. The van der Waals surface area contributed by atoms with Crippen molar-refractivity contribution in [3.8, 4) is 0 Å². The summed E-state index contributed by atoms with van der Waals surface area (Å²) in [6.45, 7) is 3.01. The molecular formula is C14H16N4O4. The number of hydrogen-bond donors (Lipinski definition) is 1. The monoisotopic (exact) mass is 304 g/mol. The average molecular weight is 304 g/mol. The van der Waals surface area contributed by atoms with E-state index in [1.54, 1.807) is 12.5 Å². The van der Waals surface area contributed by atoms with Gasteiger partial charge in [-0.3, -0.25) is 19.1 Å². The van der Waals surface area contributed by atoms with Gasteiger partial charge in [0.05, 0.1) is 19.1 Å². The number of ether oxygens (including phenoxy) is 1. The Bertz CT molecular complexity index is 794. The van der Waals surface area contributed by atoms with Gasteiger partial charge in [0.2, 0.25) is 0 Å². The number of nitrogens with one attached hydrogen (secondary N) is 1. The first-order valence-electron chi connectivity index (χ1n) is 7.21. The molecule has 1 saturated heterocycles. The van der Waals surface area contributed by atoms with E-state index in [1.807, 2.05) is 6.07 Å². The fourth-order valence-electron chi connectivity index (χ4n) is 3.24. The highest BCUT2D eigenvalue weighted by molar-refractivity contribution is 5.07. The highest BCUT2D eigenvalue weighted by Crippen LogP contribution is 2.31. The van der Waals surface area contributed by atoms with Crippen molar-refractivity contribution in [1.82, 2.24) is 19.7 Å². The minimum atomic E-state index is -0.686. The van der Waals surface area contributed by atoms with Crippen LogP contribution in [0.5, 0.6) is 0 Å². The quantitative estimate of drug-likeness (QED) is 0.766. The first-order valence-corrected chi connectivity index (χ1v) is 7.21. The first-order chi connectivity index (χ1) is 10.7. The Morgan fingerprint density at radius 3 is 3.09 bits per heavy atom. The van der Waals surface area contributed by atoms with E-state index >= 15 is 0 Å². The zero-order valence-corrected chi connectivity index (χ0v) is 11.9. The molecule has 0 aliphatic carbocycles. The van der Waals surface area contributed by atoms with E-state index in [9.17, 15) is 9.59 Å². The molecule has 1 N–H and O–H groups in total. The average Bonchev–Trinajstić information content (AvgIpc) is 3.15. The predicted octanol–water partition coefficient (Wildman–Crippen LogP) is -0.300. The van der Waals surface area contributed by atoms with Crippen LogP contribution in [0.2, 0.25) is 0 Å². The molecule has 0 bridgehead atoms. The van der Waals surface area contributed by atoms with Crippen molar-refractivity contribution >= 4 is 0 Å². The molecule has 116 valence electrons. The number of hydrogen-bond acceptors (Lipinski definition) is 6. The second-order valence-electron chi connectivity index (χ2n) is 5.92. The standard InChI is InChI=1S/C14H16N4O4/c19-12-13(20)18-9-14(22-7-11(18)15-16-12)2-3-17(8-14)5-10-1-4-21-6-10/h1,4,6H,2-3,5,7-9H2,(H,16,19)/t14-/m0/s1. The van der Waals surface area contributed by atoms with Crippen molar-refractivity contribution in [2.45, 2.75) is 31.7 Å². The number of nitrogens with zero attached hydrogens (tertiary/aromatic N) is 3. The molecule has 2 aromatic heterocycles. The second kappa shape index (κ2) is 4.92. The Kier molecular flexibility index (Phi) is 3.02. The van der Waals surface area contributed by atoms with Crippen LogP contribution in [-0.2, 0) is 24.4 Å². The van der Waals surface area contributed by atoms with Gasteiger partial charge in [-0.2, -0.15) is 5.10 Å². The maximum atomic E-state index is 12.0. The van der Waals surface area contributed by atoms with E-state index in [2.05, 4.69) is 15.1 Å². The molecular weight excluding hydrogens is 288 g/mol. The van der Waals surface area contributed by atoms with Crippen LogP contribution < -0.4 is 11.1 Å². The number of rotatable bonds is 2. The molecule has 1 atom stereocenters. The van der Waals surface area contributed by atoms with Crippen LogP contribution in [0.3, 0.4) is 0 Å². The fourth-order valence-corrected chi connectivity index (χ4v) is 3.24. The van der Waals surface area contributed by atoms with Gasteiger partial charge in [-0.05, 0) is 12.5 Å². The van der Waals surface area contributed by atoms with Crippen molar-refractivity contribution in [3.63, 3.8) is 0 Å². The fraction of sp³-hybridized carbons (Fsp3) is 0.500. The molecule has 1 fully saturated rings. The third-order valence-corrected chi connectivity index (χ3v) is 4.37. The maximum absolute atomic E-state index is 12.0. The molecule has 0 amide bonds. The molecule has 0 unspecified atom stereocenters. The van der Waals surface area contributed by atoms with Crippen LogP contribution in [0.4, 0.5) is 0 Å². The molecule has 8 heteroatoms. The third kappa shape index (κ3) is 2.20. The number of aromatic amines is 1. The van der Waals surface area contributed by atoms with E-state index < -0.39 is 16.7 Å². The van der Waals surface area contributed by atoms with E-state index in [1.165, 1.54) is 4.57 Å². The van der Waals surface area contributed by atoms with E-state index in [0.29, 0.717) is 12.4 Å². The predicted molar refractivity (Wildman–Crippen MR) is 75.2 cm³/mol. The summed E-state index contributed by atoms with van der Waals surface area (Å²) in [5.41, 5.74) is -0.547. The molecule has 2 aliphatic rings. The molecule has 0 aromatic carbocycles. The third-order valence-electron chi connectivity index (χ3n) is 4.37. The number of fused-ring (bicyclic) bond motifs is 1. The highest BCUT2D eigenvalue weighted by atomic mass is 16.5. The highest BCUT2D eigenvalue weighted by Gasteiger charge is 2.43. The second-order valence-corrected chi connectivity index (χ2v) is 5.92. The Balaban J connectivity index is 1.55. The molecule has 0 saturated carbocycles. The molecule has 22 heavy (non-hydrogen) atoms. The van der Waals surface area contributed by atoms with Crippen LogP contribution in [0.25, 0.3) is 0 Å². The van der Waals surface area contributed by atoms with Crippen LogP contribution in [0.1, 0.15) is 17.8 Å². The van der Waals surface area contributed by atoms with Crippen molar-refractivity contribution in [2.75, 3.05) is 13.1 Å². The van der Waals surface area contributed by atoms with Gasteiger partial charge in [0.25, 0.3) is 0 Å². The van der Waals surface area contributed by atoms with Gasteiger partial charge in [0, 0.05) is 25.2 Å². The van der Waals surface area contributed by atoms with Gasteiger partial charge < -0.3 is 9.15 Å². The summed E-state index contributed by atoms with van der Waals surface area (Å²) in [6.07, 6.45) is 4.21. The van der Waals surface area contributed by atoms with Gasteiger partial charge in [-0.25, -0.2) is 5.10 Å². The number of likely N-dealkylation sites (tertiary alicyclic amines) is 1. The summed E-state index contributed by atoms with van der Waals surface area (Å²) in [7, 11) is 0. The van der Waals surface area contributed by atoms with E-state index in [-0.39, 0.29) is 6.61 Å². The number of H-pyrrole nitrogens is 1. The molecule has 2 aliphatic heterocycles. The van der Waals surface area contributed by atoms with Crippen molar-refractivity contribution in [3.05, 3.63) is 50.7 Å². The SMILES string of the molecule is O=c1[nH]nc2n(c1=O)C[C@@]1(CCN(Cc3ccoc3)C1)OC2. The summed E-state index contributed by atoms with van der Waals surface area (Å²) >= 11 is 0. The Hall–Kier alpha value is -2.19. The topological polar surface area (TPSA) is 93.4 Å². The lowest BCUT2D eigenvalue weighted by Gasteiger charge is -2.34. The maximum Gasteiger partial charge on any atom is 0.330 e. The summed E-state index contributed by atoms with van der Waals surface area (Å²) in [5, 5.41) is 6.09. The normalized spacial score (nSPS) is 24.7. The summed E-state index contributed by atoms with van der Waals surface area (Å²) in [6, 6.07) is 1.94. The van der Waals surface area contributed by atoms with Crippen LogP contribution in [-0.4, -0.2) is 38.4 Å². The largest absolute Gasteiger partial charge is 0.472 e. The van der Waals surface area contributed by atoms with Gasteiger partial charge in [0.1, 0.15) is 12.2 Å². The van der Waals surface area contributed by atoms with Crippen molar-refractivity contribution in [1.29, 1.82) is 0 Å². The Morgan fingerprint density at radius 1 is 1.36 bits per heavy atom. The van der Waals surface area contributed by atoms with Crippen LogP contribution in [0.15, 0.2) is 32.6 Å². The minimum absolute atomic E-state index is 0.242. The first kappa shape index (κ1) is 13.5. The van der Waals surface area contributed by atoms with Gasteiger partial charge in [-0.15, -0.1) is 0 Å². The lowest BCUT2D eigenvalue weighted by molar-refractivity contribution is -0.0853. The van der Waals surface area contributed by atoms with Gasteiger partial charge in [-0.1, -0.05) is 0 Å². The van der Waals surface area contributed by atoms with Crippen LogP contribution in [0, 0.1) is 0 Å². The smallest absolute Gasteiger partial charge is 0.330 e. The summed E-state index contributed by atoms with van der Waals surface area (Å²) in [4.78, 5) is 25.7. The molecule has 2 aromatic rings. The van der Waals surface area contributed by atoms with E-state index in [0.717, 1.165) is 31.6 Å². The van der Waals surface area contributed by atoms with Crippen LogP contribution >= 0.6 is 0 Å². The summed E-state index contributed by atoms with van der Waals surface area (Å²) in [5.74, 6) is 0.475.